The van der Waals surface area contributed by atoms with Crippen LogP contribution >= 0.6 is 11.6 Å². The van der Waals surface area contributed by atoms with Gasteiger partial charge in [-0.2, -0.15) is 0 Å². The fraction of sp³-hybridized carbons (Fsp3) is 0.417. The van der Waals surface area contributed by atoms with E-state index in [2.05, 4.69) is 0 Å². The molecule has 16 heavy (non-hydrogen) atoms. The third kappa shape index (κ3) is 3.14. The minimum atomic E-state index is -0.777. The summed E-state index contributed by atoms with van der Waals surface area (Å²) in [7, 11) is 1.56. The predicted molar refractivity (Wildman–Crippen MR) is 63.1 cm³/mol. The van der Waals surface area contributed by atoms with Crippen LogP contribution in [-0.4, -0.2) is 18.2 Å². The van der Waals surface area contributed by atoms with Gasteiger partial charge in [0.1, 0.15) is 5.75 Å². The Labute approximate surface area is 100.0 Å². The maximum Gasteiger partial charge on any atom is 0.306 e. The molecule has 1 aromatic carbocycles. The first kappa shape index (κ1) is 12.8. The van der Waals surface area contributed by atoms with Gasteiger partial charge in [0.15, 0.2) is 0 Å². The average Bonchev–Trinajstić information content (AvgIpc) is 2.25. The molecule has 0 spiro atoms. The third-order valence-electron chi connectivity index (χ3n) is 2.52. The van der Waals surface area contributed by atoms with E-state index in [9.17, 15) is 4.79 Å². The van der Waals surface area contributed by atoms with Gasteiger partial charge in [0, 0.05) is 0 Å². The van der Waals surface area contributed by atoms with Gasteiger partial charge in [0.25, 0.3) is 0 Å². The summed E-state index contributed by atoms with van der Waals surface area (Å²) >= 11 is 5.97. The van der Waals surface area contributed by atoms with Crippen molar-refractivity contribution in [2.45, 2.75) is 19.8 Å². The van der Waals surface area contributed by atoms with Crippen LogP contribution in [0, 0.1) is 5.92 Å². The lowest BCUT2D eigenvalue weighted by Gasteiger charge is -2.11. The van der Waals surface area contributed by atoms with Crippen LogP contribution in [0.3, 0.4) is 0 Å². The summed E-state index contributed by atoms with van der Waals surface area (Å²) in [6, 6.07) is 5.50. The zero-order valence-electron chi connectivity index (χ0n) is 9.37. The summed E-state index contributed by atoms with van der Waals surface area (Å²) in [4.78, 5) is 10.7. The standard InChI is InChI=1S/C12H15ClO3/c1-8(12(14)15)6-7-9-4-3-5-10(13)11(9)16-2/h3-5,8H,6-7H2,1-2H3,(H,14,15). The molecule has 0 aliphatic carbocycles. The zero-order valence-corrected chi connectivity index (χ0v) is 10.1. The summed E-state index contributed by atoms with van der Waals surface area (Å²) in [5.74, 6) is -0.494. The number of rotatable bonds is 5. The Balaban J connectivity index is 2.74. The topological polar surface area (TPSA) is 46.5 Å². The van der Waals surface area contributed by atoms with E-state index in [1.807, 2.05) is 12.1 Å². The van der Waals surface area contributed by atoms with Gasteiger partial charge in [-0.05, 0) is 24.5 Å². The van der Waals surface area contributed by atoms with Crippen LogP contribution < -0.4 is 4.74 Å². The number of methoxy groups -OCH3 is 1. The van der Waals surface area contributed by atoms with Crippen molar-refractivity contribution in [3.05, 3.63) is 28.8 Å². The molecular weight excluding hydrogens is 228 g/mol. The van der Waals surface area contributed by atoms with Crippen molar-refractivity contribution in [3.63, 3.8) is 0 Å². The number of ether oxygens (including phenoxy) is 1. The number of hydrogen-bond donors (Lipinski definition) is 1. The maximum atomic E-state index is 10.7. The Kier molecular flexibility index (Phi) is 4.62. The van der Waals surface area contributed by atoms with Crippen molar-refractivity contribution in [2.24, 2.45) is 5.92 Å². The molecule has 0 saturated carbocycles. The molecule has 0 aliphatic rings. The Morgan fingerprint density at radius 2 is 2.25 bits per heavy atom. The number of hydrogen-bond acceptors (Lipinski definition) is 2. The van der Waals surface area contributed by atoms with Gasteiger partial charge in [-0.3, -0.25) is 4.79 Å². The second-order valence-corrected chi connectivity index (χ2v) is 4.12. The molecule has 0 radical (unpaired) electrons. The van der Waals surface area contributed by atoms with Crippen molar-refractivity contribution < 1.29 is 14.6 Å². The van der Waals surface area contributed by atoms with E-state index in [1.54, 1.807) is 20.1 Å². The summed E-state index contributed by atoms with van der Waals surface area (Å²) in [6.07, 6.45) is 1.23. The van der Waals surface area contributed by atoms with E-state index in [-0.39, 0.29) is 5.92 Å². The Morgan fingerprint density at radius 1 is 1.56 bits per heavy atom. The van der Waals surface area contributed by atoms with E-state index in [4.69, 9.17) is 21.4 Å². The van der Waals surface area contributed by atoms with Crippen LogP contribution in [0.15, 0.2) is 18.2 Å². The van der Waals surface area contributed by atoms with Gasteiger partial charge in [-0.1, -0.05) is 30.7 Å². The van der Waals surface area contributed by atoms with Crippen LogP contribution in [0.1, 0.15) is 18.9 Å². The number of para-hydroxylation sites is 1. The lowest BCUT2D eigenvalue weighted by Crippen LogP contribution is -2.10. The van der Waals surface area contributed by atoms with E-state index in [0.29, 0.717) is 23.6 Å². The molecule has 0 amide bonds. The van der Waals surface area contributed by atoms with Crippen LogP contribution in [-0.2, 0) is 11.2 Å². The quantitative estimate of drug-likeness (QED) is 0.864. The highest BCUT2D eigenvalue weighted by molar-refractivity contribution is 6.32. The molecule has 0 aromatic heterocycles. The lowest BCUT2D eigenvalue weighted by atomic mass is 10.0. The minimum Gasteiger partial charge on any atom is -0.495 e. The van der Waals surface area contributed by atoms with Crippen molar-refractivity contribution in [1.29, 1.82) is 0 Å². The molecule has 1 aromatic rings. The largest absolute Gasteiger partial charge is 0.495 e. The zero-order chi connectivity index (χ0) is 12.1. The second kappa shape index (κ2) is 5.75. The number of aliphatic carboxylic acids is 1. The molecule has 0 saturated heterocycles. The molecule has 4 heteroatoms. The van der Waals surface area contributed by atoms with E-state index >= 15 is 0 Å². The molecule has 1 rings (SSSR count). The smallest absolute Gasteiger partial charge is 0.306 e. The van der Waals surface area contributed by atoms with Crippen LogP contribution in [0.2, 0.25) is 5.02 Å². The van der Waals surface area contributed by atoms with Crippen LogP contribution in [0.25, 0.3) is 0 Å². The second-order valence-electron chi connectivity index (χ2n) is 3.71. The number of carboxylic acid groups (broad SMARTS) is 1. The maximum absolute atomic E-state index is 10.7. The van der Waals surface area contributed by atoms with Gasteiger partial charge in [0.2, 0.25) is 0 Å². The Bertz CT molecular complexity index is 377. The molecule has 1 N–H and O–H groups in total. The van der Waals surface area contributed by atoms with Gasteiger partial charge < -0.3 is 9.84 Å². The summed E-state index contributed by atoms with van der Waals surface area (Å²) in [6.45, 7) is 1.69. The highest BCUT2D eigenvalue weighted by atomic mass is 35.5. The number of benzene rings is 1. The Morgan fingerprint density at radius 3 is 2.81 bits per heavy atom. The van der Waals surface area contributed by atoms with Crippen molar-refractivity contribution in [1.82, 2.24) is 0 Å². The van der Waals surface area contributed by atoms with Crippen molar-refractivity contribution >= 4 is 17.6 Å². The molecule has 3 nitrogen and oxygen atoms in total. The molecular formula is C12H15ClO3. The molecule has 0 heterocycles. The molecule has 0 fully saturated rings. The molecule has 0 bridgehead atoms. The van der Waals surface area contributed by atoms with Gasteiger partial charge in [-0.15, -0.1) is 0 Å². The molecule has 88 valence electrons. The molecule has 1 atom stereocenters. The first-order valence-corrected chi connectivity index (χ1v) is 5.48. The normalized spacial score (nSPS) is 12.2. The predicted octanol–water partition coefficient (Wildman–Crippen LogP) is 3.00. The summed E-state index contributed by atoms with van der Waals surface area (Å²) in [5, 5.41) is 9.34. The van der Waals surface area contributed by atoms with Crippen molar-refractivity contribution in [3.8, 4) is 5.75 Å². The minimum absolute atomic E-state index is 0.358. The highest BCUT2D eigenvalue weighted by Crippen LogP contribution is 2.29. The fourth-order valence-corrected chi connectivity index (χ4v) is 1.75. The summed E-state index contributed by atoms with van der Waals surface area (Å²) in [5.41, 5.74) is 0.947. The number of carboxylic acids is 1. The average molecular weight is 243 g/mol. The summed E-state index contributed by atoms with van der Waals surface area (Å²) < 4.78 is 5.19. The number of halogens is 1. The van der Waals surface area contributed by atoms with Gasteiger partial charge in [-0.25, -0.2) is 0 Å². The van der Waals surface area contributed by atoms with E-state index < -0.39 is 5.97 Å². The van der Waals surface area contributed by atoms with E-state index in [0.717, 1.165) is 5.56 Å². The first-order valence-electron chi connectivity index (χ1n) is 5.10. The Hall–Kier alpha value is -1.22. The first-order chi connectivity index (χ1) is 7.56. The highest BCUT2D eigenvalue weighted by Gasteiger charge is 2.13. The number of aryl methyl sites for hydroxylation is 1. The van der Waals surface area contributed by atoms with Gasteiger partial charge in [0.05, 0.1) is 18.1 Å². The van der Waals surface area contributed by atoms with Crippen LogP contribution in [0.5, 0.6) is 5.75 Å². The molecule has 1 unspecified atom stereocenters. The lowest BCUT2D eigenvalue weighted by molar-refractivity contribution is -0.141. The van der Waals surface area contributed by atoms with Gasteiger partial charge >= 0.3 is 5.97 Å². The van der Waals surface area contributed by atoms with Crippen LogP contribution in [0.4, 0.5) is 0 Å². The third-order valence-corrected chi connectivity index (χ3v) is 2.82. The van der Waals surface area contributed by atoms with E-state index in [1.165, 1.54) is 0 Å². The SMILES string of the molecule is COc1c(Cl)cccc1CCC(C)C(=O)O. The molecule has 0 aliphatic heterocycles. The monoisotopic (exact) mass is 242 g/mol. The number of carbonyl (C=O) groups is 1. The fourth-order valence-electron chi connectivity index (χ4n) is 1.47. The van der Waals surface area contributed by atoms with Crippen molar-refractivity contribution in [2.75, 3.05) is 7.11 Å².